The van der Waals surface area contributed by atoms with Crippen molar-refractivity contribution in [3.63, 3.8) is 0 Å². The summed E-state index contributed by atoms with van der Waals surface area (Å²) in [6.45, 7) is 4.02. The van der Waals surface area contributed by atoms with Gasteiger partial charge >= 0.3 is 6.03 Å². The number of ether oxygens (including phenoxy) is 2. The monoisotopic (exact) mass is 242 g/mol. The lowest BCUT2D eigenvalue weighted by Crippen LogP contribution is -2.48. The molecule has 0 aromatic heterocycles. The maximum absolute atomic E-state index is 11.7. The average molecular weight is 242 g/mol. The molecule has 5 heteroatoms. The van der Waals surface area contributed by atoms with E-state index in [1.807, 2.05) is 18.9 Å². The summed E-state index contributed by atoms with van der Waals surface area (Å²) in [4.78, 5) is 13.5. The highest BCUT2D eigenvalue weighted by molar-refractivity contribution is 5.74. The van der Waals surface area contributed by atoms with E-state index in [-0.39, 0.29) is 11.8 Å². The number of nitrogens with one attached hydrogen (secondary N) is 1. The highest BCUT2D eigenvalue weighted by Crippen LogP contribution is 2.36. The topological polar surface area (TPSA) is 50.8 Å². The van der Waals surface area contributed by atoms with Crippen LogP contribution < -0.4 is 5.32 Å². The number of carbonyl (C=O) groups excluding carboxylic acids is 1. The molecule has 1 heterocycles. The number of urea groups is 1. The van der Waals surface area contributed by atoms with Crippen LogP contribution >= 0.6 is 0 Å². The summed E-state index contributed by atoms with van der Waals surface area (Å²) < 4.78 is 11.4. The zero-order valence-corrected chi connectivity index (χ0v) is 10.7. The molecule has 1 saturated heterocycles. The summed E-state index contributed by atoms with van der Waals surface area (Å²) in [5.41, 5.74) is 0. The van der Waals surface area contributed by atoms with Gasteiger partial charge in [0.25, 0.3) is 0 Å². The SMILES string of the molecule is CCNC(=O)N(C)C1CCC2(CC1)OCCO2. The lowest BCUT2D eigenvalue weighted by molar-refractivity contribution is -0.182. The zero-order valence-electron chi connectivity index (χ0n) is 10.7. The van der Waals surface area contributed by atoms with Gasteiger partial charge in [-0.05, 0) is 19.8 Å². The van der Waals surface area contributed by atoms with Crippen molar-refractivity contribution in [3.05, 3.63) is 0 Å². The van der Waals surface area contributed by atoms with Crippen molar-refractivity contribution in [3.8, 4) is 0 Å². The van der Waals surface area contributed by atoms with Crippen LogP contribution in [-0.2, 0) is 9.47 Å². The molecule has 2 fully saturated rings. The minimum Gasteiger partial charge on any atom is -0.348 e. The molecule has 0 bridgehead atoms. The third-order valence-corrected chi connectivity index (χ3v) is 3.73. The van der Waals surface area contributed by atoms with Gasteiger partial charge in [0.15, 0.2) is 5.79 Å². The number of hydrogen-bond acceptors (Lipinski definition) is 3. The van der Waals surface area contributed by atoms with Crippen LogP contribution in [0.5, 0.6) is 0 Å². The molecule has 0 radical (unpaired) electrons. The van der Waals surface area contributed by atoms with Crippen molar-refractivity contribution in [1.29, 1.82) is 0 Å². The van der Waals surface area contributed by atoms with Gasteiger partial charge in [-0.2, -0.15) is 0 Å². The van der Waals surface area contributed by atoms with Crippen LogP contribution in [0.4, 0.5) is 4.79 Å². The highest BCUT2D eigenvalue weighted by Gasteiger charge is 2.41. The normalized spacial score (nSPS) is 23.9. The summed E-state index contributed by atoms with van der Waals surface area (Å²) >= 11 is 0. The fraction of sp³-hybridized carbons (Fsp3) is 0.917. The number of rotatable bonds is 2. The third-order valence-electron chi connectivity index (χ3n) is 3.73. The first-order valence-electron chi connectivity index (χ1n) is 6.45. The Hall–Kier alpha value is -0.810. The van der Waals surface area contributed by atoms with Gasteiger partial charge in [0, 0.05) is 32.5 Å². The largest absolute Gasteiger partial charge is 0.348 e. The maximum Gasteiger partial charge on any atom is 0.317 e. The lowest BCUT2D eigenvalue weighted by atomic mass is 9.89. The zero-order chi connectivity index (χ0) is 12.3. The molecule has 0 atom stereocenters. The van der Waals surface area contributed by atoms with Crippen LogP contribution in [0.25, 0.3) is 0 Å². The second-order valence-corrected chi connectivity index (χ2v) is 4.79. The number of hydrogen-bond donors (Lipinski definition) is 1. The first-order chi connectivity index (χ1) is 8.17. The van der Waals surface area contributed by atoms with Crippen molar-refractivity contribution < 1.29 is 14.3 Å². The van der Waals surface area contributed by atoms with Crippen LogP contribution in [0, 0.1) is 0 Å². The van der Waals surface area contributed by atoms with E-state index in [2.05, 4.69) is 5.32 Å². The third kappa shape index (κ3) is 2.72. The molecule has 1 N–H and O–H groups in total. The standard InChI is InChI=1S/C12H22N2O3/c1-3-13-11(15)14(2)10-4-6-12(7-5-10)16-8-9-17-12/h10H,3-9H2,1-2H3,(H,13,15). The molecule has 1 spiro atoms. The van der Waals surface area contributed by atoms with E-state index in [0.717, 1.165) is 25.7 Å². The summed E-state index contributed by atoms with van der Waals surface area (Å²) in [6.07, 6.45) is 3.68. The van der Waals surface area contributed by atoms with Crippen molar-refractivity contribution in [1.82, 2.24) is 10.2 Å². The molecule has 2 amide bonds. The quantitative estimate of drug-likeness (QED) is 0.795. The van der Waals surface area contributed by atoms with Crippen LogP contribution in [-0.4, -0.2) is 49.6 Å². The molecule has 1 aliphatic carbocycles. The number of nitrogens with zero attached hydrogens (tertiary/aromatic N) is 1. The summed E-state index contributed by atoms with van der Waals surface area (Å²) in [5, 5.41) is 2.83. The molecule has 0 aromatic carbocycles. The molecular formula is C12H22N2O3. The Labute approximate surface area is 102 Å². The summed E-state index contributed by atoms with van der Waals surface area (Å²) in [7, 11) is 1.87. The molecule has 0 unspecified atom stereocenters. The number of amides is 2. The molecule has 2 rings (SSSR count). The smallest absolute Gasteiger partial charge is 0.317 e. The van der Waals surface area contributed by atoms with E-state index >= 15 is 0 Å². The van der Waals surface area contributed by atoms with E-state index in [1.165, 1.54) is 0 Å². The Morgan fingerprint density at radius 2 is 1.94 bits per heavy atom. The van der Waals surface area contributed by atoms with Gasteiger partial charge in [-0.3, -0.25) is 0 Å². The van der Waals surface area contributed by atoms with Crippen molar-refractivity contribution >= 4 is 6.03 Å². The maximum atomic E-state index is 11.7. The summed E-state index contributed by atoms with van der Waals surface area (Å²) in [6, 6.07) is 0.321. The Balaban J connectivity index is 1.83. The average Bonchev–Trinajstić information content (AvgIpc) is 2.78. The molecule has 5 nitrogen and oxygen atoms in total. The van der Waals surface area contributed by atoms with E-state index in [9.17, 15) is 4.79 Å². The van der Waals surface area contributed by atoms with E-state index in [4.69, 9.17) is 9.47 Å². The second-order valence-electron chi connectivity index (χ2n) is 4.79. The predicted molar refractivity (Wildman–Crippen MR) is 63.7 cm³/mol. The first kappa shape index (κ1) is 12.6. The lowest BCUT2D eigenvalue weighted by Gasteiger charge is -2.38. The van der Waals surface area contributed by atoms with E-state index in [1.54, 1.807) is 0 Å². The molecule has 1 aliphatic heterocycles. The fourth-order valence-corrected chi connectivity index (χ4v) is 2.66. The van der Waals surface area contributed by atoms with Crippen molar-refractivity contribution in [2.24, 2.45) is 0 Å². The molecule has 17 heavy (non-hydrogen) atoms. The minimum absolute atomic E-state index is 0.0155. The predicted octanol–water partition coefficient (Wildman–Crippen LogP) is 1.33. The minimum atomic E-state index is -0.335. The van der Waals surface area contributed by atoms with Crippen molar-refractivity contribution in [2.75, 3.05) is 26.8 Å². The molecule has 0 aromatic rings. The summed E-state index contributed by atoms with van der Waals surface area (Å²) in [5.74, 6) is -0.335. The second kappa shape index (κ2) is 5.23. The van der Waals surface area contributed by atoms with Gasteiger partial charge < -0.3 is 19.7 Å². The van der Waals surface area contributed by atoms with Crippen LogP contribution in [0.2, 0.25) is 0 Å². The Morgan fingerprint density at radius 3 is 2.47 bits per heavy atom. The van der Waals surface area contributed by atoms with Gasteiger partial charge in [0.1, 0.15) is 0 Å². The molecule has 1 saturated carbocycles. The van der Waals surface area contributed by atoms with Gasteiger partial charge in [-0.1, -0.05) is 0 Å². The van der Waals surface area contributed by atoms with Gasteiger partial charge in [0.2, 0.25) is 0 Å². The van der Waals surface area contributed by atoms with Gasteiger partial charge in [-0.15, -0.1) is 0 Å². The van der Waals surface area contributed by atoms with Crippen LogP contribution in [0.3, 0.4) is 0 Å². The van der Waals surface area contributed by atoms with Gasteiger partial charge in [0.05, 0.1) is 13.2 Å². The Kier molecular flexibility index (Phi) is 3.89. The Morgan fingerprint density at radius 1 is 1.35 bits per heavy atom. The number of carbonyl (C=O) groups is 1. The highest BCUT2D eigenvalue weighted by atomic mass is 16.7. The van der Waals surface area contributed by atoms with E-state index < -0.39 is 0 Å². The fourth-order valence-electron chi connectivity index (χ4n) is 2.66. The van der Waals surface area contributed by atoms with Crippen LogP contribution in [0.15, 0.2) is 0 Å². The first-order valence-corrected chi connectivity index (χ1v) is 6.45. The van der Waals surface area contributed by atoms with Gasteiger partial charge in [-0.25, -0.2) is 4.79 Å². The molecule has 2 aliphatic rings. The van der Waals surface area contributed by atoms with Crippen molar-refractivity contribution in [2.45, 2.75) is 44.4 Å². The Bertz CT molecular complexity index is 267. The van der Waals surface area contributed by atoms with Crippen LogP contribution in [0.1, 0.15) is 32.6 Å². The van der Waals surface area contributed by atoms with E-state index in [0.29, 0.717) is 25.8 Å². The molecule has 98 valence electrons. The molecular weight excluding hydrogens is 220 g/mol.